The monoisotopic (exact) mass is 321 g/mol. The van der Waals surface area contributed by atoms with Crippen molar-refractivity contribution in [2.24, 2.45) is 0 Å². The molecule has 19 heavy (non-hydrogen) atoms. The molecule has 2 aromatic rings. The summed E-state index contributed by atoms with van der Waals surface area (Å²) in [6.07, 6.45) is 0. The third-order valence-electron chi connectivity index (χ3n) is 2.17. The first-order valence-corrected chi connectivity index (χ1v) is 7.33. The van der Waals surface area contributed by atoms with E-state index in [1.54, 1.807) is 0 Å². The van der Waals surface area contributed by atoms with Gasteiger partial charge in [0.1, 0.15) is 12.4 Å². The van der Waals surface area contributed by atoms with E-state index >= 15 is 0 Å². The molecule has 2 rings (SSSR count). The van der Waals surface area contributed by atoms with Gasteiger partial charge < -0.3 is 9.52 Å². The Morgan fingerprint density at radius 1 is 1.16 bits per heavy atom. The molecule has 0 aliphatic carbocycles. The first-order valence-electron chi connectivity index (χ1n) is 5.09. The van der Waals surface area contributed by atoms with E-state index in [2.05, 4.69) is 4.72 Å². The van der Waals surface area contributed by atoms with Crippen molar-refractivity contribution < 1.29 is 17.9 Å². The van der Waals surface area contributed by atoms with E-state index < -0.39 is 10.0 Å². The molecule has 0 radical (unpaired) electrons. The van der Waals surface area contributed by atoms with Crippen LogP contribution >= 0.6 is 23.2 Å². The number of sulfonamides is 1. The molecule has 0 amide bonds. The largest absolute Gasteiger partial charge is 0.445 e. The fourth-order valence-electron chi connectivity index (χ4n) is 1.41. The van der Waals surface area contributed by atoms with Gasteiger partial charge in [0.25, 0.3) is 10.0 Å². The van der Waals surface area contributed by atoms with Crippen LogP contribution in [0.4, 0.5) is 5.69 Å². The summed E-state index contributed by atoms with van der Waals surface area (Å²) < 4.78 is 31.2. The summed E-state index contributed by atoms with van der Waals surface area (Å²) in [5.74, 6) is 0.157. The fraction of sp³-hybridized carbons (Fsp3) is 0.0909. The fourth-order valence-corrected chi connectivity index (χ4v) is 2.92. The number of hydrogen-bond donors (Lipinski definition) is 2. The van der Waals surface area contributed by atoms with Crippen LogP contribution < -0.4 is 4.72 Å². The Morgan fingerprint density at radius 3 is 2.32 bits per heavy atom. The molecule has 1 aromatic carbocycles. The summed E-state index contributed by atoms with van der Waals surface area (Å²) in [5.41, 5.74) is 0.222. The van der Waals surface area contributed by atoms with E-state index in [4.69, 9.17) is 32.7 Å². The molecule has 0 atom stereocenters. The third kappa shape index (κ3) is 3.42. The highest BCUT2D eigenvalue weighted by atomic mass is 35.5. The first kappa shape index (κ1) is 14.2. The molecule has 0 spiro atoms. The third-order valence-corrected chi connectivity index (χ3v) is 3.86. The number of nitrogens with one attached hydrogen (secondary N) is 1. The molecule has 0 aliphatic heterocycles. The number of anilines is 1. The van der Waals surface area contributed by atoms with E-state index in [9.17, 15) is 8.42 Å². The van der Waals surface area contributed by atoms with Crippen LogP contribution in [-0.2, 0) is 16.6 Å². The number of rotatable bonds is 4. The number of halogens is 2. The summed E-state index contributed by atoms with van der Waals surface area (Å²) in [7, 11) is -3.88. The molecule has 1 heterocycles. The van der Waals surface area contributed by atoms with E-state index in [0.29, 0.717) is 10.0 Å². The van der Waals surface area contributed by atoms with Crippen LogP contribution in [0.15, 0.2) is 39.8 Å². The lowest BCUT2D eigenvalue weighted by Crippen LogP contribution is -2.12. The van der Waals surface area contributed by atoms with Crippen molar-refractivity contribution in [2.75, 3.05) is 4.72 Å². The molecule has 0 aliphatic rings. The lowest BCUT2D eigenvalue weighted by Gasteiger charge is -2.06. The Balaban J connectivity index is 2.30. The van der Waals surface area contributed by atoms with Gasteiger partial charge in [-0.2, -0.15) is 8.42 Å². The van der Waals surface area contributed by atoms with Crippen LogP contribution in [0.3, 0.4) is 0 Å². The summed E-state index contributed by atoms with van der Waals surface area (Å²) in [6, 6.07) is 6.94. The Morgan fingerprint density at radius 2 is 1.79 bits per heavy atom. The number of furan rings is 1. The number of hydrogen-bond acceptors (Lipinski definition) is 4. The topological polar surface area (TPSA) is 79.5 Å². The molecule has 5 nitrogen and oxygen atoms in total. The number of aliphatic hydroxyl groups is 1. The summed E-state index contributed by atoms with van der Waals surface area (Å²) in [6.45, 7) is -0.376. The highest BCUT2D eigenvalue weighted by molar-refractivity contribution is 7.92. The number of aliphatic hydroxyl groups excluding tert-OH is 1. The maximum absolute atomic E-state index is 12.0. The summed E-state index contributed by atoms with van der Waals surface area (Å²) >= 11 is 11.6. The molecule has 0 fully saturated rings. The molecule has 0 bridgehead atoms. The molecule has 8 heteroatoms. The standard InChI is InChI=1S/C11H9Cl2NO4S/c12-7-3-8(13)5-9(4-7)14-19(16,17)11-2-1-10(6-15)18-11/h1-5,14-15H,6H2. The maximum Gasteiger partial charge on any atom is 0.295 e. The van der Waals surface area contributed by atoms with Crippen molar-refractivity contribution in [3.05, 3.63) is 46.1 Å². The van der Waals surface area contributed by atoms with Crippen LogP contribution in [-0.4, -0.2) is 13.5 Å². The SMILES string of the molecule is O=S(=O)(Nc1cc(Cl)cc(Cl)c1)c1ccc(CO)o1. The smallest absolute Gasteiger partial charge is 0.295 e. The van der Waals surface area contributed by atoms with E-state index in [1.165, 1.54) is 30.3 Å². The van der Waals surface area contributed by atoms with Crippen molar-refractivity contribution in [2.45, 2.75) is 11.7 Å². The molecular weight excluding hydrogens is 313 g/mol. The van der Waals surface area contributed by atoms with Crippen LogP contribution in [0.1, 0.15) is 5.76 Å². The Bertz CT molecular complexity index is 676. The molecule has 0 saturated heterocycles. The molecule has 102 valence electrons. The quantitative estimate of drug-likeness (QED) is 0.907. The zero-order valence-corrected chi connectivity index (χ0v) is 11.8. The van der Waals surface area contributed by atoms with Gasteiger partial charge in [-0.05, 0) is 30.3 Å². The van der Waals surface area contributed by atoms with Crippen LogP contribution in [0.25, 0.3) is 0 Å². The average Bonchev–Trinajstić information content (AvgIpc) is 2.75. The molecule has 2 N–H and O–H groups in total. The second kappa shape index (κ2) is 5.42. The molecule has 0 saturated carbocycles. The van der Waals surface area contributed by atoms with Gasteiger partial charge in [0, 0.05) is 10.0 Å². The molecule has 1 aromatic heterocycles. The molecule has 0 unspecified atom stereocenters. The Labute approximate surface area is 119 Å². The first-order chi connectivity index (χ1) is 8.90. The van der Waals surface area contributed by atoms with Gasteiger partial charge in [0.05, 0.1) is 5.69 Å². The average molecular weight is 322 g/mol. The van der Waals surface area contributed by atoms with Crippen LogP contribution in [0, 0.1) is 0 Å². The van der Waals surface area contributed by atoms with E-state index in [1.807, 2.05) is 0 Å². The second-order valence-corrected chi connectivity index (χ2v) is 6.13. The zero-order valence-electron chi connectivity index (χ0n) is 9.43. The minimum absolute atomic E-state index is 0.157. The van der Waals surface area contributed by atoms with Gasteiger partial charge in [0.2, 0.25) is 5.09 Å². The minimum Gasteiger partial charge on any atom is -0.445 e. The molecular formula is C11H9Cl2NO4S. The number of benzene rings is 1. The maximum atomic E-state index is 12.0. The lowest BCUT2D eigenvalue weighted by molar-refractivity contribution is 0.236. The van der Waals surface area contributed by atoms with Crippen LogP contribution in [0.5, 0.6) is 0 Å². The van der Waals surface area contributed by atoms with Crippen molar-refractivity contribution in [1.82, 2.24) is 0 Å². The van der Waals surface area contributed by atoms with Crippen molar-refractivity contribution >= 4 is 38.9 Å². The van der Waals surface area contributed by atoms with Crippen molar-refractivity contribution in [3.63, 3.8) is 0 Å². The lowest BCUT2D eigenvalue weighted by atomic mass is 10.3. The predicted molar refractivity (Wildman–Crippen MR) is 71.9 cm³/mol. The van der Waals surface area contributed by atoms with Crippen molar-refractivity contribution in [1.29, 1.82) is 0 Å². The highest BCUT2D eigenvalue weighted by Crippen LogP contribution is 2.25. The van der Waals surface area contributed by atoms with Gasteiger partial charge in [-0.15, -0.1) is 0 Å². The van der Waals surface area contributed by atoms with Gasteiger partial charge >= 0.3 is 0 Å². The Hall–Kier alpha value is -1.21. The summed E-state index contributed by atoms with van der Waals surface area (Å²) in [5, 5.41) is 9.15. The zero-order chi connectivity index (χ0) is 14.0. The summed E-state index contributed by atoms with van der Waals surface area (Å²) in [4.78, 5) is 0. The highest BCUT2D eigenvalue weighted by Gasteiger charge is 2.19. The minimum atomic E-state index is -3.88. The Kier molecular flexibility index (Phi) is 4.05. The van der Waals surface area contributed by atoms with E-state index in [-0.39, 0.29) is 23.1 Å². The van der Waals surface area contributed by atoms with Crippen LogP contribution in [0.2, 0.25) is 10.0 Å². The second-order valence-electron chi connectivity index (χ2n) is 3.64. The van der Waals surface area contributed by atoms with Gasteiger partial charge in [0.15, 0.2) is 0 Å². The normalized spacial score (nSPS) is 11.5. The van der Waals surface area contributed by atoms with Gasteiger partial charge in [-0.1, -0.05) is 23.2 Å². The van der Waals surface area contributed by atoms with E-state index in [0.717, 1.165) is 0 Å². The predicted octanol–water partition coefficient (Wildman–Crippen LogP) is 2.88. The van der Waals surface area contributed by atoms with Gasteiger partial charge in [-0.3, -0.25) is 4.72 Å². The van der Waals surface area contributed by atoms with Crippen molar-refractivity contribution in [3.8, 4) is 0 Å². The van der Waals surface area contributed by atoms with Gasteiger partial charge in [-0.25, -0.2) is 0 Å².